The van der Waals surface area contributed by atoms with E-state index in [0.29, 0.717) is 5.69 Å². The molecule has 3 N–H and O–H groups in total. The van der Waals surface area contributed by atoms with Gasteiger partial charge in [-0.05, 0) is 37.0 Å². The molecule has 2 aliphatic rings. The average Bonchev–Trinajstić information content (AvgIpc) is 3.19. The van der Waals surface area contributed by atoms with Crippen LogP contribution in [0.3, 0.4) is 0 Å². The highest BCUT2D eigenvalue weighted by molar-refractivity contribution is 7.89. The second-order valence-electron chi connectivity index (χ2n) is 5.56. The molecule has 0 bridgehead atoms. The molecule has 1 saturated heterocycles. The Bertz CT molecular complexity index is 634. The molecule has 0 atom stereocenters. The minimum Gasteiger partial charge on any atom is -0.495 e. The fourth-order valence-corrected chi connectivity index (χ4v) is 4.40. The molecule has 0 unspecified atom stereocenters. The second-order valence-corrected chi connectivity index (χ2v) is 7.47. The molecule has 0 radical (unpaired) electrons. The van der Waals surface area contributed by atoms with Gasteiger partial charge in [-0.25, -0.2) is 8.42 Å². The van der Waals surface area contributed by atoms with Crippen molar-refractivity contribution in [3.05, 3.63) is 18.2 Å². The van der Waals surface area contributed by atoms with Crippen LogP contribution in [0.2, 0.25) is 0 Å². The highest BCUT2D eigenvalue weighted by Crippen LogP contribution is 2.46. The van der Waals surface area contributed by atoms with Crippen LogP contribution in [0.4, 0.5) is 5.69 Å². The quantitative estimate of drug-likeness (QED) is 0.786. The third kappa shape index (κ3) is 2.06. The van der Waals surface area contributed by atoms with E-state index in [0.717, 1.165) is 12.8 Å². The Morgan fingerprint density at radius 3 is 2.60 bits per heavy atom. The summed E-state index contributed by atoms with van der Waals surface area (Å²) >= 11 is 0. The third-order valence-corrected chi connectivity index (χ3v) is 5.86. The summed E-state index contributed by atoms with van der Waals surface area (Å²) in [4.78, 5) is 0.0536. The lowest BCUT2D eigenvalue weighted by molar-refractivity contribution is -0.0765. The highest BCUT2D eigenvalue weighted by Gasteiger charge is 2.55. The van der Waals surface area contributed by atoms with E-state index in [-0.39, 0.29) is 29.7 Å². The average molecular weight is 298 g/mol. The van der Waals surface area contributed by atoms with Gasteiger partial charge in [-0.2, -0.15) is 4.31 Å². The predicted octanol–water partition coefficient (Wildman–Crippen LogP) is 0.423. The monoisotopic (exact) mass is 298 g/mol. The molecule has 1 aliphatic carbocycles. The summed E-state index contributed by atoms with van der Waals surface area (Å²) in [5, 5.41) is 10.2. The molecular formula is C13H18N2O4S. The summed E-state index contributed by atoms with van der Waals surface area (Å²) in [7, 11) is -2.26. The van der Waals surface area contributed by atoms with E-state index in [1.54, 1.807) is 6.07 Å². The van der Waals surface area contributed by atoms with Crippen LogP contribution in [-0.4, -0.2) is 43.6 Å². The molecule has 1 aromatic rings. The van der Waals surface area contributed by atoms with Gasteiger partial charge in [0.15, 0.2) is 0 Å². The van der Waals surface area contributed by atoms with Crippen LogP contribution in [0.5, 0.6) is 5.75 Å². The molecule has 6 nitrogen and oxygen atoms in total. The van der Waals surface area contributed by atoms with Crippen LogP contribution in [0.25, 0.3) is 0 Å². The number of sulfonamides is 1. The minimum atomic E-state index is -3.68. The maximum Gasteiger partial charge on any atom is 0.247 e. The zero-order valence-electron chi connectivity index (χ0n) is 11.2. The van der Waals surface area contributed by atoms with Gasteiger partial charge in [-0.15, -0.1) is 0 Å². The first-order valence-corrected chi connectivity index (χ1v) is 7.97. The van der Waals surface area contributed by atoms with Gasteiger partial charge in [0.05, 0.1) is 12.7 Å². The van der Waals surface area contributed by atoms with Crippen LogP contribution in [0.1, 0.15) is 12.8 Å². The van der Waals surface area contributed by atoms with Crippen molar-refractivity contribution in [1.82, 2.24) is 4.31 Å². The standard InChI is InChI=1S/C13H18N2O4S/c1-19-11-5-4-10(14)6-12(11)20(17,18)15-7-13(16,8-15)9-2-3-9/h4-6,9,16H,2-3,7-8,14H2,1H3. The van der Waals surface area contributed by atoms with Crippen molar-refractivity contribution >= 4 is 15.7 Å². The zero-order chi connectivity index (χ0) is 14.5. The van der Waals surface area contributed by atoms with Crippen LogP contribution < -0.4 is 10.5 Å². The number of nitrogen functional groups attached to an aromatic ring is 1. The van der Waals surface area contributed by atoms with Gasteiger partial charge in [0.2, 0.25) is 10.0 Å². The number of methoxy groups -OCH3 is 1. The smallest absolute Gasteiger partial charge is 0.247 e. The third-order valence-electron chi connectivity index (χ3n) is 4.04. The lowest BCUT2D eigenvalue weighted by Gasteiger charge is -2.45. The lowest BCUT2D eigenvalue weighted by Crippen LogP contribution is -2.64. The van der Waals surface area contributed by atoms with E-state index in [1.165, 1.54) is 23.5 Å². The van der Waals surface area contributed by atoms with Crippen LogP contribution in [0, 0.1) is 5.92 Å². The summed E-state index contributed by atoms with van der Waals surface area (Å²) in [5.41, 5.74) is 5.18. The van der Waals surface area contributed by atoms with Crippen LogP contribution >= 0.6 is 0 Å². The fraction of sp³-hybridized carbons (Fsp3) is 0.538. The SMILES string of the molecule is COc1ccc(N)cc1S(=O)(=O)N1CC(O)(C2CC2)C1. The first-order chi connectivity index (χ1) is 9.37. The summed E-state index contributed by atoms with van der Waals surface area (Å²) in [6.07, 6.45) is 1.96. The topological polar surface area (TPSA) is 92.9 Å². The van der Waals surface area contributed by atoms with Crippen molar-refractivity contribution in [3.8, 4) is 5.75 Å². The van der Waals surface area contributed by atoms with E-state index in [2.05, 4.69) is 0 Å². The number of rotatable bonds is 4. The molecule has 1 aliphatic heterocycles. The molecule has 0 spiro atoms. The van der Waals surface area contributed by atoms with Crippen molar-refractivity contribution in [1.29, 1.82) is 0 Å². The number of hydrogen-bond donors (Lipinski definition) is 2. The minimum absolute atomic E-state index is 0.0536. The van der Waals surface area contributed by atoms with Gasteiger partial charge in [-0.1, -0.05) is 0 Å². The molecule has 1 heterocycles. The zero-order valence-corrected chi connectivity index (χ0v) is 12.1. The number of benzene rings is 1. The molecule has 110 valence electrons. The first-order valence-electron chi connectivity index (χ1n) is 6.53. The van der Waals surface area contributed by atoms with Gasteiger partial charge in [-0.3, -0.25) is 0 Å². The summed E-state index contributed by atoms with van der Waals surface area (Å²) in [5.74, 6) is 0.512. The lowest BCUT2D eigenvalue weighted by atomic mass is 9.91. The Morgan fingerprint density at radius 2 is 2.05 bits per heavy atom. The maximum absolute atomic E-state index is 12.6. The summed E-state index contributed by atoms with van der Waals surface area (Å²) < 4.78 is 31.5. The number of nitrogens with two attached hydrogens (primary N) is 1. The number of aliphatic hydroxyl groups is 1. The summed E-state index contributed by atoms with van der Waals surface area (Å²) in [6, 6.07) is 4.52. The van der Waals surface area contributed by atoms with Crippen molar-refractivity contribution in [2.24, 2.45) is 5.92 Å². The Hall–Kier alpha value is -1.31. The van der Waals surface area contributed by atoms with Crippen molar-refractivity contribution in [2.75, 3.05) is 25.9 Å². The van der Waals surface area contributed by atoms with Crippen LogP contribution in [0.15, 0.2) is 23.1 Å². The molecule has 0 aromatic heterocycles. The van der Waals surface area contributed by atoms with Gasteiger partial charge in [0.25, 0.3) is 0 Å². The highest BCUT2D eigenvalue weighted by atomic mass is 32.2. The number of β-amino-alcohol motifs (C(OH)–C–C–N with tert-alkyl or cyclic N) is 1. The number of nitrogens with zero attached hydrogens (tertiary/aromatic N) is 1. The van der Waals surface area contributed by atoms with Gasteiger partial charge in [0, 0.05) is 18.8 Å². The number of ether oxygens (including phenoxy) is 1. The van der Waals surface area contributed by atoms with E-state index < -0.39 is 15.6 Å². The molecule has 7 heteroatoms. The van der Waals surface area contributed by atoms with Crippen molar-refractivity contribution in [3.63, 3.8) is 0 Å². The number of anilines is 1. The second kappa shape index (κ2) is 4.34. The van der Waals surface area contributed by atoms with Gasteiger partial charge < -0.3 is 15.6 Å². The normalized spacial score (nSPS) is 22.3. The maximum atomic E-state index is 12.6. The van der Waals surface area contributed by atoms with Crippen molar-refractivity contribution in [2.45, 2.75) is 23.3 Å². The molecular weight excluding hydrogens is 280 g/mol. The molecule has 3 rings (SSSR count). The summed E-state index contributed by atoms with van der Waals surface area (Å²) in [6.45, 7) is 0.301. The Labute approximate surface area is 118 Å². The van der Waals surface area contributed by atoms with E-state index in [4.69, 9.17) is 10.5 Å². The molecule has 0 amide bonds. The van der Waals surface area contributed by atoms with E-state index in [1.807, 2.05) is 0 Å². The Balaban J connectivity index is 1.88. The Kier molecular flexibility index (Phi) is 2.97. The molecule has 1 aromatic carbocycles. The Morgan fingerprint density at radius 1 is 1.40 bits per heavy atom. The largest absolute Gasteiger partial charge is 0.495 e. The molecule has 2 fully saturated rings. The molecule has 1 saturated carbocycles. The van der Waals surface area contributed by atoms with E-state index >= 15 is 0 Å². The first kappa shape index (κ1) is 13.7. The van der Waals surface area contributed by atoms with Crippen molar-refractivity contribution < 1.29 is 18.3 Å². The van der Waals surface area contributed by atoms with Gasteiger partial charge in [0.1, 0.15) is 10.6 Å². The molecule has 20 heavy (non-hydrogen) atoms. The number of hydrogen-bond acceptors (Lipinski definition) is 5. The van der Waals surface area contributed by atoms with Crippen LogP contribution in [-0.2, 0) is 10.0 Å². The van der Waals surface area contributed by atoms with Gasteiger partial charge >= 0.3 is 0 Å². The predicted molar refractivity (Wildman–Crippen MR) is 73.8 cm³/mol. The fourth-order valence-electron chi connectivity index (χ4n) is 2.65. The van der Waals surface area contributed by atoms with E-state index in [9.17, 15) is 13.5 Å².